The average Bonchev–Trinajstić information content (AvgIpc) is 3.06. The largest absolute Gasteiger partial charge is 0.462 e. The molecule has 0 aliphatic heterocycles. The second kappa shape index (κ2) is 7.86. The summed E-state index contributed by atoms with van der Waals surface area (Å²) >= 11 is 0. The summed E-state index contributed by atoms with van der Waals surface area (Å²) in [5.41, 5.74) is 10.1. The van der Waals surface area contributed by atoms with Gasteiger partial charge in [-0.05, 0) is 84.3 Å². The highest BCUT2D eigenvalue weighted by atomic mass is 16.5. The Morgan fingerprint density at radius 2 is 1.90 bits per heavy atom. The molecule has 2 fully saturated rings. The maximum Gasteiger partial charge on any atom is 0.302 e. The molecule has 0 heterocycles. The first-order valence-electron chi connectivity index (χ1n) is 11.4. The maximum atomic E-state index is 11.4. The fourth-order valence-corrected chi connectivity index (χ4v) is 7.36. The molecular formula is C26H35NO3. The molecule has 0 bridgehead atoms. The zero-order valence-corrected chi connectivity index (χ0v) is 18.5. The normalized spacial score (nSPS) is 40.7. The van der Waals surface area contributed by atoms with Crippen molar-refractivity contribution in [3.8, 4) is 0 Å². The number of fused-ring (bicyclic) bond motifs is 5. The number of ether oxygens (including phenoxy) is 1. The number of rotatable bonds is 4. The Bertz CT molecular complexity index is 850. The Morgan fingerprint density at radius 3 is 2.60 bits per heavy atom. The van der Waals surface area contributed by atoms with Crippen LogP contribution in [0.4, 0.5) is 0 Å². The highest BCUT2D eigenvalue weighted by Gasteiger charge is 2.57. The van der Waals surface area contributed by atoms with Crippen molar-refractivity contribution in [2.24, 2.45) is 34.3 Å². The van der Waals surface area contributed by atoms with Crippen molar-refractivity contribution in [1.82, 2.24) is 0 Å². The molecular weight excluding hydrogens is 374 g/mol. The Morgan fingerprint density at radius 1 is 1.13 bits per heavy atom. The molecule has 0 amide bonds. The van der Waals surface area contributed by atoms with Crippen molar-refractivity contribution in [1.29, 1.82) is 0 Å². The fourth-order valence-electron chi connectivity index (χ4n) is 7.36. The van der Waals surface area contributed by atoms with Crippen molar-refractivity contribution >= 4 is 12.3 Å². The second-order valence-corrected chi connectivity index (χ2v) is 10.2. The molecule has 2 saturated carbocycles. The third-order valence-corrected chi connectivity index (χ3v) is 8.82. The molecule has 0 aromatic heterocycles. The van der Waals surface area contributed by atoms with Gasteiger partial charge >= 0.3 is 5.97 Å². The molecule has 4 aliphatic rings. The topological polar surface area (TPSA) is 69.4 Å². The lowest BCUT2D eigenvalue weighted by Crippen LogP contribution is -2.50. The monoisotopic (exact) mass is 409 g/mol. The molecule has 162 valence electrons. The number of allylic oxidation sites excluding steroid dienone is 6. The van der Waals surface area contributed by atoms with Crippen LogP contribution in [0.25, 0.3) is 0 Å². The van der Waals surface area contributed by atoms with E-state index in [0.717, 1.165) is 50.4 Å². The van der Waals surface area contributed by atoms with Gasteiger partial charge in [0.2, 0.25) is 0 Å². The minimum absolute atomic E-state index is 0.0498. The van der Waals surface area contributed by atoms with Crippen molar-refractivity contribution in [3.63, 3.8) is 0 Å². The molecule has 4 aliphatic carbocycles. The number of nitrogens with two attached hydrogens (primary N) is 1. The van der Waals surface area contributed by atoms with Gasteiger partial charge in [-0.2, -0.15) is 0 Å². The Labute approximate surface area is 180 Å². The Balaban J connectivity index is 1.58. The minimum Gasteiger partial charge on any atom is -0.462 e. The lowest BCUT2D eigenvalue weighted by atomic mass is 9.47. The second-order valence-electron chi connectivity index (χ2n) is 10.2. The van der Waals surface area contributed by atoms with Crippen molar-refractivity contribution in [3.05, 3.63) is 47.2 Å². The molecule has 4 nitrogen and oxygen atoms in total. The highest BCUT2D eigenvalue weighted by Crippen LogP contribution is 2.65. The molecule has 0 radical (unpaired) electrons. The van der Waals surface area contributed by atoms with E-state index in [1.165, 1.54) is 24.5 Å². The molecule has 0 aromatic rings. The van der Waals surface area contributed by atoms with Gasteiger partial charge in [-0.3, -0.25) is 9.59 Å². The van der Waals surface area contributed by atoms with Gasteiger partial charge in [-0.25, -0.2) is 0 Å². The van der Waals surface area contributed by atoms with E-state index in [-0.39, 0.29) is 22.9 Å². The third-order valence-electron chi connectivity index (χ3n) is 8.82. The summed E-state index contributed by atoms with van der Waals surface area (Å²) in [6.07, 6.45) is 18.3. The van der Waals surface area contributed by atoms with E-state index in [4.69, 9.17) is 10.5 Å². The number of aldehydes is 1. The van der Waals surface area contributed by atoms with E-state index in [2.05, 4.69) is 26.0 Å². The number of hydrogen-bond acceptors (Lipinski definition) is 4. The number of esters is 1. The van der Waals surface area contributed by atoms with Crippen LogP contribution in [0.1, 0.15) is 65.7 Å². The first kappa shape index (κ1) is 21.1. The minimum atomic E-state index is -0.164. The predicted molar refractivity (Wildman–Crippen MR) is 118 cm³/mol. The van der Waals surface area contributed by atoms with Crippen LogP contribution in [0.3, 0.4) is 0 Å². The standard InChI is InChI=1S/C26H35NO3/c1-17(29)30-20-10-12-25(2)19(15-20)6-7-21-23-9-8-22(18(16-27)5-4-14-28)26(23,3)13-11-24(21)25/h4-6,8,14,16,20-21,23-24H,7,9-13,15,27H2,1-3H3/b5-4-,18-16+/t20?,21?,23?,24?,25-,26+/m0/s1. The number of carbonyl (C=O) groups excluding carboxylic acids is 2. The van der Waals surface area contributed by atoms with Crippen LogP contribution in [0, 0.1) is 28.6 Å². The summed E-state index contributed by atoms with van der Waals surface area (Å²) in [7, 11) is 0. The zero-order chi connectivity index (χ0) is 21.5. The van der Waals surface area contributed by atoms with E-state index in [9.17, 15) is 9.59 Å². The number of carbonyl (C=O) groups is 2. The summed E-state index contributed by atoms with van der Waals surface area (Å²) in [5.74, 6) is 1.82. The fraction of sp³-hybridized carbons (Fsp3) is 0.615. The van der Waals surface area contributed by atoms with Gasteiger partial charge in [0.1, 0.15) is 12.4 Å². The van der Waals surface area contributed by atoms with E-state index in [1.807, 2.05) is 6.08 Å². The average molecular weight is 410 g/mol. The van der Waals surface area contributed by atoms with Crippen LogP contribution in [0.2, 0.25) is 0 Å². The van der Waals surface area contributed by atoms with Crippen LogP contribution in [-0.2, 0) is 14.3 Å². The molecule has 4 unspecified atom stereocenters. The van der Waals surface area contributed by atoms with Crippen LogP contribution in [-0.4, -0.2) is 18.4 Å². The van der Waals surface area contributed by atoms with Gasteiger partial charge < -0.3 is 10.5 Å². The molecule has 4 heteroatoms. The SMILES string of the molecule is CC(=O)OC1CC[C@@]2(C)C(=CCC3C2CC[C@]2(C)C(C(/C=C\C=O)=C/N)=CCC32)C1. The van der Waals surface area contributed by atoms with E-state index < -0.39 is 0 Å². The summed E-state index contributed by atoms with van der Waals surface area (Å²) < 4.78 is 5.55. The van der Waals surface area contributed by atoms with Gasteiger partial charge in [-0.1, -0.05) is 37.6 Å². The summed E-state index contributed by atoms with van der Waals surface area (Å²) in [5, 5.41) is 0. The van der Waals surface area contributed by atoms with E-state index >= 15 is 0 Å². The van der Waals surface area contributed by atoms with Crippen LogP contribution in [0.15, 0.2) is 47.2 Å². The van der Waals surface area contributed by atoms with Crippen molar-refractivity contribution < 1.29 is 14.3 Å². The molecule has 0 aromatic carbocycles. The maximum absolute atomic E-state index is 11.4. The van der Waals surface area contributed by atoms with Crippen LogP contribution < -0.4 is 5.73 Å². The van der Waals surface area contributed by atoms with Crippen LogP contribution >= 0.6 is 0 Å². The number of hydrogen-bond donors (Lipinski definition) is 1. The molecule has 30 heavy (non-hydrogen) atoms. The van der Waals surface area contributed by atoms with Gasteiger partial charge in [0, 0.05) is 19.5 Å². The van der Waals surface area contributed by atoms with Gasteiger partial charge in [-0.15, -0.1) is 0 Å². The van der Waals surface area contributed by atoms with E-state index in [1.54, 1.807) is 12.3 Å². The summed E-state index contributed by atoms with van der Waals surface area (Å²) in [6, 6.07) is 0. The van der Waals surface area contributed by atoms with E-state index in [0.29, 0.717) is 17.8 Å². The first-order valence-corrected chi connectivity index (χ1v) is 11.4. The van der Waals surface area contributed by atoms with Crippen molar-refractivity contribution in [2.45, 2.75) is 71.8 Å². The van der Waals surface area contributed by atoms with Gasteiger partial charge in [0.25, 0.3) is 0 Å². The molecule has 6 atom stereocenters. The summed E-state index contributed by atoms with van der Waals surface area (Å²) in [6.45, 7) is 6.38. The lowest BCUT2D eigenvalue weighted by Gasteiger charge is -2.58. The summed E-state index contributed by atoms with van der Waals surface area (Å²) in [4.78, 5) is 22.3. The quantitative estimate of drug-likeness (QED) is 0.233. The third kappa shape index (κ3) is 3.29. The zero-order valence-electron chi connectivity index (χ0n) is 18.5. The Hall–Kier alpha value is -2.10. The Kier molecular flexibility index (Phi) is 5.54. The smallest absolute Gasteiger partial charge is 0.302 e. The lowest BCUT2D eigenvalue weighted by molar-refractivity contribution is -0.148. The van der Waals surface area contributed by atoms with Crippen LogP contribution in [0.5, 0.6) is 0 Å². The molecule has 0 spiro atoms. The molecule has 4 rings (SSSR count). The van der Waals surface area contributed by atoms with Crippen molar-refractivity contribution in [2.75, 3.05) is 0 Å². The first-order chi connectivity index (χ1) is 14.3. The van der Waals surface area contributed by atoms with Gasteiger partial charge in [0.15, 0.2) is 0 Å². The molecule has 0 saturated heterocycles. The van der Waals surface area contributed by atoms with Gasteiger partial charge in [0.05, 0.1) is 0 Å². The predicted octanol–water partition coefficient (Wildman–Crippen LogP) is 5.01. The highest BCUT2D eigenvalue weighted by molar-refractivity contribution is 5.67. The molecule has 2 N–H and O–H groups in total.